The summed E-state index contributed by atoms with van der Waals surface area (Å²) in [4.78, 5) is 0. The number of para-hydroxylation sites is 1. The van der Waals surface area contributed by atoms with Crippen LogP contribution in [-0.4, -0.2) is 11.4 Å². The molecular formula is C15H21BrO. The van der Waals surface area contributed by atoms with E-state index in [4.69, 9.17) is 4.74 Å². The van der Waals surface area contributed by atoms with Gasteiger partial charge in [0.1, 0.15) is 5.75 Å². The molecule has 0 amide bonds. The second-order valence-electron chi connectivity index (χ2n) is 5.76. The van der Waals surface area contributed by atoms with Crippen LogP contribution in [-0.2, 0) is 0 Å². The predicted octanol–water partition coefficient (Wildman–Crippen LogP) is 4.61. The van der Waals surface area contributed by atoms with Gasteiger partial charge in [0.2, 0.25) is 0 Å². The fourth-order valence-electron chi connectivity index (χ4n) is 2.75. The first kappa shape index (κ1) is 12.9. The molecule has 1 saturated carbocycles. The molecule has 1 aliphatic carbocycles. The summed E-state index contributed by atoms with van der Waals surface area (Å²) in [5.41, 5.74) is 1.76. The van der Waals surface area contributed by atoms with Crippen LogP contribution in [0.2, 0.25) is 0 Å². The molecule has 0 radical (unpaired) electrons. The number of halogens is 1. The van der Waals surface area contributed by atoms with Crippen LogP contribution < -0.4 is 4.74 Å². The lowest BCUT2D eigenvalue weighted by molar-refractivity contribution is 0.239. The molecular weight excluding hydrogens is 276 g/mol. The Morgan fingerprint density at radius 2 is 1.94 bits per heavy atom. The van der Waals surface area contributed by atoms with Crippen LogP contribution in [0, 0.1) is 11.3 Å². The molecule has 0 spiro atoms. The average molecular weight is 297 g/mol. The first-order valence-corrected chi connectivity index (χ1v) is 7.42. The van der Waals surface area contributed by atoms with Crippen molar-refractivity contribution < 1.29 is 4.74 Å². The molecule has 0 N–H and O–H groups in total. The highest BCUT2D eigenvalue weighted by Gasteiger charge is 2.58. The number of rotatable bonds is 4. The maximum absolute atomic E-state index is 5.92. The Kier molecular flexibility index (Phi) is 3.53. The summed E-state index contributed by atoms with van der Waals surface area (Å²) < 4.78 is 5.92. The Morgan fingerprint density at radius 3 is 2.47 bits per heavy atom. The van der Waals surface area contributed by atoms with Gasteiger partial charge in [-0.05, 0) is 42.7 Å². The van der Waals surface area contributed by atoms with Crippen LogP contribution in [0.3, 0.4) is 0 Å². The molecule has 17 heavy (non-hydrogen) atoms. The highest BCUT2D eigenvalue weighted by molar-refractivity contribution is 9.09. The molecule has 1 aromatic rings. The SMILES string of the molecule is CC(C)Oc1ccccc1C1C(CBr)C1(C)C. The maximum Gasteiger partial charge on any atom is 0.123 e. The first-order chi connectivity index (χ1) is 7.98. The molecule has 1 nitrogen and oxygen atoms in total. The van der Waals surface area contributed by atoms with Crippen molar-refractivity contribution in [1.29, 1.82) is 0 Å². The minimum atomic E-state index is 0.237. The molecule has 0 heterocycles. The molecule has 1 fully saturated rings. The van der Waals surface area contributed by atoms with Crippen LogP contribution in [0.4, 0.5) is 0 Å². The monoisotopic (exact) mass is 296 g/mol. The zero-order valence-corrected chi connectivity index (χ0v) is 12.6. The molecule has 0 aromatic heterocycles. The fraction of sp³-hybridized carbons (Fsp3) is 0.600. The summed E-state index contributed by atoms with van der Waals surface area (Å²) >= 11 is 3.62. The van der Waals surface area contributed by atoms with Crippen molar-refractivity contribution in [2.45, 2.75) is 39.7 Å². The minimum absolute atomic E-state index is 0.237. The van der Waals surface area contributed by atoms with Gasteiger partial charge in [0.25, 0.3) is 0 Å². The number of hydrogen-bond donors (Lipinski definition) is 0. The Morgan fingerprint density at radius 1 is 1.29 bits per heavy atom. The second kappa shape index (κ2) is 4.64. The molecule has 1 aromatic carbocycles. The smallest absolute Gasteiger partial charge is 0.123 e. The predicted molar refractivity (Wildman–Crippen MR) is 76.0 cm³/mol. The standard InChI is InChI=1S/C15H21BrO/c1-10(2)17-13-8-6-5-7-11(13)14-12(9-16)15(14,3)4/h5-8,10,12,14H,9H2,1-4H3. The Hall–Kier alpha value is -0.500. The molecule has 2 unspecified atom stereocenters. The third-order valence-electron chi connectivity index (χ3n) is 3.83. The van der Waals surface area contributed by atoms with E-state index in [-0.39, 0.29) is 6.10 Å². The Bertz CT molecular complexity index is 398. The number of hydrogen-bond acceptors (Lipinski definition) is 1. The number of ether oxygens (including phenoxy) is 1. The van der Waals surface area contributed by atoms with Gasteiger partial charge in [-0.15, -0.1) is 0 Å². The van der Waals surface area contributed by atoms with E-state index in [0.29, 0.717) is 11.3 Å². The van der Waals surface area contributed by atoms with E-state index in [0.717, 1.165) is 17.0 Å². The largest absolute Gasteiger partial charge is 0.491 e. The van der Waals surface area contributed by atoms with E-state index >= 15 is 0 Å². The first-order valence-electron chi connectivity index (χ1n) is 6.30. The van der Waals surface area contributed by atoms with Crippen molar-refractivity contribution in [2.24, 2.45) is 11.3 Å². The minimum Gasteiger partial charge on any atom is -0.491 e. The molecule has 0 aliphatic heterocycles. The lowest BCUT2D eigenvalue weighted by Crippen LogP contribution is -2.07. The van der Waals surface area contributed by atoms with Gasteiger partial charge in [0, 0.05) is 5.33 Å². The maximum atomic E-state index is 5.92. The van der Waals surface area contributed by atoms with Crippen LogP contribution in [0.5, 0.6) is 5.75 Å². The molecule has 1 aliphatic rings. The average Bonchev–Trinajstić information content (AvgIpc) is 2.80. The number of benzene rings is 1. The lowest BCUT2D eigenvalue weighted by atomic mass is 10.0. The van der Waals surface area contributed by atoms with Crippen molar-refractivity contribution >= 4 is 15.9 Å². The summed E-state index contributed by atoms with van der Waals surface area (Å²) in [6, 6.07) is 8.48. The quantitative estimate of drug-likeness (QED) is 0.738. The number of alkyl halides is 1. The van der Waals surface area contributed by atoms with Gasteiger partial charge in [-0.1, -0.05) is 48.0 Å². The summed E-state index contributed by atoms with van der Waals surface area (Å²) in [6.07, 6.45) is 0.237. The molecule has 0 bridgehead atoms. The highest BCUT2D eigenvalue weighted by atomic mass is 79.9. The van der Waals surface area contributed by atoms with E-state index in [1.165, 1.54) is 5.56 Å². The Balaban J connectivity index is 2.28. The van der Waals surface area contributed by atoms with E-state index in [9.17, 15) is 0 Å². The summed E-state index contributed by atoms with van der Waals surface area (Å²) in [6.45, 7) is 8.85. The van der Waals surface area contributed by atoms with Gasteiger partial charge in [-0.3, -0.25) is 0 Å². The molecule has 0 saturated heterocycles. The van der Waals surface area contributed by atoms with Crippen molar-refractivity contribution in [3.05, 3.63) is 29.8 Å². The Labute approximate surface area is 113 Å². The third-order valence-corrected chi connectivity index (χ3v) is 4.53. The molecule has 2 rings (SSSR count). The van der Waals surface area contributed by atoms with Gasteiger partial charge < -0.3 is 4.74 Å². The fourth-order valence-corrected chi connectivity index (χ4v) is 3.96. The van der Waals surface area contributed by atoms with E-state index in [1.54, 1.807) is 0 Å². The van der Waals surface area contributed by atoms with Crippen LogP contribution >= 0.6 is 15.9 Å². The van der Waals surface area contributed by atoms with Crippen molar-refractivity contribution in [1.82, 2.24) is 0 Å². The topological polar surface area (TPSA) is 9.23 Å². The van der Waals surface area contributed by atoms with E-state index in [2.05, 4.69) is 67.9 Å². The van der Waals surface area contributed by atoms with E-state index < -0.39 is 0 Å². The van der Waals surface area contributed by atoms with Crippen molar-refractivity contribution in [3.8, 4) is 5.75 Å². The third kappa shape index (κ3) is 2.37. The van der Waals surface area contributed by atoms with Crippen molar-refractivity contribution in [2.75, 3.05) is 5.33 Å². The lowest BCUT2D eigenvalue weighted by Gasteiger charge is -2.15. The molecule has 2 heteroatoms. The van der Waals surface area contributed by atoms with Crippen LogP contribution in [0.25, 0.3) is 0 Å². The van der Waals surface area contributed by atoms with Gasteiger partial charge in [-0.2, -0.15) is 0 Å². The molecule has 2 atom stereocenters. The van der Waals surface area contributed by atoms with Gasteiger partial charge in [0.15, 0.2) is 0 Å². The second-order valence-corrected chi connectivity index (χ2v) is 6.41. The summed E-state index contributed by atoms with van der Waals surface area (Å²) in [5.74, 6) is 2.40. The van der Waals surface area contributed by atoms with Crippen LogP contribution in [0.15, 0.2) is 24.3 Å². The zero-order chi connectivity index (χ0) is 12.6. The summed E-state index contributed by atoms with van der Waals surface area (Å²) in [5, 5.41) is 1.07. The van der Waals surface area contributed by atoms with Crippen LogP contribution in [0.1, 0.15) is 39.2 Å². The van der Waals surface area contributed by atoms with E-state index in [1.807, 2.05) is 0 Å². The molecule has 94 valence electrons. The summed E-state index contributed by atoms with van der Waals surface area (Å²) in [7, 11) is 0. The zero-order valence-electron chi connectivity index (χ0n) is 11.0. The highest BCUT2D eigenvalue weighted by Crippen LogP contribution is 2.66. The van der Waals surface area contributed by atoms with Gasteiger partial charge in [0.05, 0.1) is 6.10 Å². The van der Waals surface area contributed by atoms with Crippen molar-refractivity contribution in [3.63, 3.8) is 0 Å². The van der Waals surface area contributed by atoms with Gasteiger partial charge >= 0.3 is 0 Å². The normalized spacial score (nSPS) is 26.0. The van der Waals surface area contributed by atoms with Gasteiger partial charge in [-0.25, -0.2) is 0 Å².